The number of anilines is 1. The van der Waals surface area contributed by atoms with Crippen LogP contribution in [-0.2, 0) is 11.3 Å². The molecule has 120 valence electrons. The lowest BCUT2D eigenvalue weighted by Crippen LogP contribution is -2.36. The summed E-state index contributed by atoms with van der Waals surface area (Å²) in [5.74, 6) is 0.0257. The minimum atomic E-state index is -0.375. The van der Waals surface area contributed by atoms with Crippen LogP contribution < -0.4 is 10.6 Å². The number of nitrogens with two attached hydrogens (primary N) is 1. The Bertz CT molecular complexity index is 813. The van der Waals surface area contributed by atoms with Crippen molar-refractivity contribution in [2.45, 2.75) is 12.6 Å². The Hall–Kier alpha value is -2.54. The van der Waals surface area contributed by atoms with Crippen LogP contribution in [-0.4, -0.2) is 54.3 Å². The number of amides is 2. The van der Waals surface area contributed by atoms with Crippen LogP contribution in [0.1, 0.15) is 10.5 Å². The Balaban J connectivity index is 1.75. The van der Waals surface area contributed by atoms with Gasteiger partial charge in [0.15, 0.2) is 0 Å². The fourth-order valence-corrected chi connectivity index (χ4v) is 3.25. The average Bonchev–Trinajstić information content (AvgIpc) is 3.11. The highest BCUT2D eigenvalue weighted by molar-refractivity contribution is 6.01. The number of hydrogen-bond acceptors (Lipinski definition) is 4. The zero-order valence-electron chi connectivity index (χ0n) is 12.9. The molecule has 2 aliphatic heterocycles. The summed E-state index contributed by atoms with van der Waals surface area (Å²) >= 11 is 0. The van der Waals surface area contributed by atoms with Gasteiger partial charge in [0.05, 0.1) is 6.54 Å². The van der Waals surface area contributed by atoms with E-state index in [9.17, 15) is 9.59 Å². The average molecular weight is 314 g/mol. The van der Waals surface area contributed by atoms with Gasteiger partial charge in [0.25, 0.3) is 5.91 Å². The lowest BCUT2D eigenvalue weighted by Gasteiger charge is -2.24. The summed E-state index contributed by atoms with van der Waals surface area (Å²) in [7, 11) is 1.81. The van der Waals surface area contributed by atoms with Gasteiger partial charge in [-0.15, -0.1) is 0 Å². The van der Waals surface area contributed by atoms with Gasteiger partial charge in [0, 0.05) is 43.3 Å². The van der Waals surface area contributed by atoms with E-state index in [0.29, 0.717) is 25.3 Å². The molecule has 4 rings (SSSR count). The first-order chi connectivity index (χ1) is 11.1. The number of cyclic esters (lactones) is 1. The third-order valence-corrected chi connectivity index (χ3v) is 4.56. The number of rotatable bonds is 2. The molecule has 7 heteroatoms. The molecule has 2 N–H and O–H groups in total. The van der Waals surface area contributed by atoms with Crippen LogP contribution in [0.15, 0.2) is 24.3 Å². The second-order valence-corrected chi connectivity index (χ2v) is 6.00. The van der Waals surface area contributed by atoms with Crippen molar-refractivity contribution in [1.29, 1.82) is 0 Å². The van der Waals surface area contributed by atoms with E-state index in [1.165, 1.54) is 0 Å². The van der Waals surface area contributed by atoms with Gasteiger partial charge in [-0.1, -0.05) is 0 Å². The van der Waals surface area contributed by atoms with Crippen LogP contribution in [0.4, 0.5) is 10.5 Å². The maximum atomic E-state index is 12.3. The van der Waals surface area contributed by atoms with Crippen molar-refractivity contribution in [2.24, 2.45) is 5.73 Å². The van der Waals surface area contributed by atoms with Crippen molar-refractivity contribution in [1.82, 2.24) is 9.47 Å². The van der Waals surface area contributed by atoms with Crippen molar-refractivity contribution >= 4 is 28.6 Å². The van der Waals surface area contributed by atoms with Crippen molar-refractivity contribution in [3.8, 4) is 0 Å². The van der Waals surface area contributed by atoms with Crippen molar-refractivity contribution in [3.63, 3.8) is 0 Å². The second kappa shape index (κ2) is 4.99. The molecule has 23 heavy (non-hydrogen) atoms. The first-order valence-electron chi connectivity index (χ1n) is 7.65. The lowest BCUT2D eigenvalue weighted by atomic mass is 10.2. The Labute approximate surface area is 133 Å². The Morgan fingerprint density at radius 2 is 2.09 bits per heavy atom. The first-order valence-corrected chi connectivity index (χ1v) is 7.65. The molecule has 1 aromatic heterocycles. The molecule has 3 heterocycles. The third kappa shape index (κ3) is 2.08. The van der Waals surface area contributed by atoms with E-state index in [1.807, 2.05) is 35.9 Å². The second-order valence-electron chi connectivity index (χ2n) is 6.00. The van der Waals surface area contributed by atoms with E-state index in [2.05, 4.69) is 0 Å². The van der Waals surface area contributed by atoms with Gasteiger partial charge < -0.3 is 19.9 Å². The van der Waals surface area contributed by atoms with Gasteiger partial charge in [-0.2, -0.15) is 0 Å². The zero-order chi connectivity index (χ0) is 16.1. The van der Waals surface area contributed by atoms with Crippen molar-refractivity contribution < 1.29 is 14.3 Å². The molecule has 1 fully saturated rings. The molecule has 2 amide bonds. The van der Waals surface area contributed by atoms with E-state index >= 15 is 0 Å². The number of carbonyl (C=O) groups is 2. The lowest BCUT2D eigenvalue weighted by molar-refractivity contribution is 0.0751. The van der Waals surface area contributed by atoms with Gasteiger partial charge in [0.1, 0.15) is 11.8 Å². The molecule has 1 saturated heterocycles. The predicted octanol–water partition coefficient (Wildman–Crippen LogP) is 1.01. The number of likely N-dealkylation sites (N-methyl/N-ethyl adjacent to an activating group) is 1. The van der Waals surface area contributed by atoms with Gasteiger partial charge in [-0.3, -0.25) is 9.69 Å². The number of carbonyl (C=O) groups excluding carboxylic acids is 2. The summed E-state index contributed by atoms with van der Waals surface area (Å²) in [6.07, 6.45) is -0.643. The molecule has 0 saturated carbocycles. The minimum Gasteiger partial charge on any atom is -0.443 e. The van der Waals surface area contributed by atoms with Gasteiger partial charge in [-0.25, -0.2) is 4.79 Å². The Morgan fingerprint density at radius 1 is 1.26 bits per heavy atom. The highest BCUT2D eigenvalue weighted by atomic mass is 16.6. The molecular weight excluding hydrogens is 296 g/mol. The molecule has 1 atom stereocenters. The van der Waals surface area contributed by atoms with Crippen LogP contribution in [0.3, 0.4) is 0 Å². The van der Waals surface area contributed by atoms with Gasteiger partial charge in [0.2, 0.25) is 0 Å². The fourth-order valence-electron chi connectivity index (χ4n) is 3.25. The van der Waals surface area contributed by atoms with Crippen LogP contribution in [0.25, 0.3) is 10.9 Å². The summed E-state index contributed by atoms with van der Waals surface area (Å²) < 4.78 is 7.23. The maximum Gasteiger partial charge on any atom is 0.414 e. The number of fused-ring (bicyclic) bond motifs is 3. The molecule has 1 unspecified atom stereocenters. The van der Waals surface area contributed by atoms with Crippen LogP contribution in [0.5, 0.6) is 0 Å². The van der Waals surface area contributed by atoms with E-state index in [-0.39, 0.29) is 18.1 Å². The number of hydrogen-bond donors (Lipinski definition) is 1. The molecular formula is C16H18N4O3. The fraction of sp³-hybridized carbons (Fsp3) is 0.375. The number of benzene rings is 1. The number of ether oxygens (including phenoxy) is 1. The van der Waals surface area contributed by atoms with E-state index in [4.69, 9.17) is 10.5 Å². The van der Waals surface area contributed by atoms with Crippen molar-refractivity contribution in [2.75, 3.05) is 31.6 Å². The summed E-state index contributed by atoms with van der Waals surface area (Å²) in [6.45, 7) is 2.25. The van der Waals surface area contributed by atoms with Crippen molar-refractivity contribution in [3.05, 3.63) is 30.0 Å². The molecule has 0 radical (unpaired) electrons. The Kier molecular flexibility index (Phi) is 3.05. The van der Waals surface area contributed by atoms with E-state index in [1.54, 1.807) is 9.80 Å². The van der Waals surface area contributed by atoms with Crippen LogP contribution >= 0.6 is 0 Å². The quantitative estimate of drug-likeness (QED) is 0.897. The minimum absolute atomic E-state index is 0.0257. The van der Waals surface area contributed by atoms with Crippen LogP contribution in [0, 0.1) is 0 Å². The maximum absolute atomic E-state index is 12.3. The summed E-state index contributed by atoms with van der Waals surface area (Å²) in [4.78, 5) is 27.5. The topological polar surface area (TPSA) is 80.8 Å². The SMILES string of the molecule is CN1CCn2c(cc3cc(N4CC(CN)OC4=O)ccc32)C1=O. The monoisotopic (exact) mass is 314 g/mol. The van der Waals surface area contributed by atoms with Crippen LogP contribution in [0.2, 0.25) is 0 Å². The predicted molar refractivity (Wildman–Crippen MR) is 85.6 cm³/mol. The molecule has 0 spiro atoms. The number of nitrogens with zero attached hydrogens (tertiary/aromatic N) is 3. The normalized spacial score (nSPS) is 21.0. The number of aromatic nitrogens is 1. The molecule has 2 aromatic rings. The molecule has 2 aliphatic rings. The third-order valence-electron chi connectivity index (χ3n) is 4.56. The molecule has 0 bridgehead atoms. The smallest absolute Gasteiger partial charge is 0.414 e. The van der Waals surface area contributed by atoms with E-state index < -0.39 is 0 Å². The molecule has 1 aromatic carbocycles. The summed E-state index contributed by atoms with van der Waals surface area (Å²) in [5, 5.41) is 0.949. The largest absolute Gasteiger partial charge is 0.443 e. The summed E-state index contributed by atoms with van der Waals surface area (Å²) in [5.41, 5.74) is 8.04. The summed E-state index contributed by atoms with van der Waals surface area (Å²) in [6, 6.07) is 7.65. The molecule has 7 nitrogen and oxygen atoms in total. The standard InChI is InChI=1S/C16H18N4O3/c1-18-4-5-19-13-3-2-11(6-10(13)7-14(19)15(18)21)20-9-12(8-17)23-16(20)22/h2-3,6-7,12H,4-5,8-9,17H2,1H3. The first kappa shape index (κ1) is 14.1. The zero-order valence-corrected chi connectivity index (χ0v) is 12.9. The molecule has 0 aliphatic carbocycles. The van der Waals surface area contributed by atoms with Gasteiger partial charge in [-0.05, 0) is 24.3 Å². The van der Waals surface area contributed by atoms with Gasteiger partial charge >= 0.3 is 6.09 Å². The van der Waals surface area contributed by atoms with E-state index in [0.717, 1.165) is 23.1 Å². The highest BCUT2D eigenvalue weighted by Crippen LogP contribution is 2.29. The highest BCUT2D eigenvalue weighted by Gasteiger charge is 2.32. The Morgan fingerprint density at radius 3 is 2.83 bits per heavy atom.